The van der Waals surface area contributed by atoms with Crippen LogP contribution in [0.25, 0.3) is 0 Å². The van der Waals surface area contributed by atoms with Gasteiger partial charge in [-0.3, -0.25) is 9.59 Å². The van der Waals surface area contributed by atoms with E-state index in [1.165, 1.54) is 43.3 Å². The molecule has 3 rings (SSSR count). The molecule has 1 aliphatic rings. The highest BCUT2D eigenvalue weighted by molar-refractivity contribution is 7.92. The summed E-state index contributed by atoms with van der Waals surface area (Å²) in [6.45, 7) is 2.87. The van der Waals surface area contributed by atoms with Gasteiger partial charge in [0.05, 0.1) is 15.8 Å². The zero-order valence-corrected chi connectivity index (χ0v) is 16.1. The number of benzene rings is 2. The maximum atomic E-state index is 13.0. The highest BCUT2D eigenvalue weighted by atomic mass is 32.2. The number of carbonyl (C=O) groups is 2. The van der Waals surface area contributed by atoms with Crippen molar-refractivity contribution in [1.29, 1.82) is 0 Å². The number of sulfone groups is 1. The van der Waals surface area contributed by atoms with Gasteiger partial charge in [0.1, 0.15) is 11.6 Å². The summed E-state index contributed by atoms with van der Waals surface area (Å²) >= 11 is 0. The quantitative estimate of drug-likeness (QED) is 0.795. The highest BCUT2D eigenvalue weighted by Crippen LogP contribution is 2.34. The van der Waals surface area contributed by atoms with Crippen molar-refractivity contribution in [2.45, 2.75) is 30.4 Å². The standard InChI is InChI=1S/C19H19FN2O5S/c1-11-7-15-16(27-10-19(24)22-15)9-17(11)28(25,26)12(2)8-18(23)21-14-5-3-13(20)4-6-14/h3-7,9,12H,8,10H2,1-2H3,(H,21,23)(H,22,24)/t12-/m1/s1. The molecule has 148 valence electrons. The SMILES string of the molecule is Cc1cc2c(cc1S(=O)(=O)[C@H](C)CC(=O)Nc1ccc(F)cc1)OCC(=O)N2. The van der Waals surface area contributed by atoms with Gasteiger partial charge >= 0.3 is 0 Å². The normalized spacial score (nSPS) is 14.5. The lowest BCUT2D eigenvalue weighted by molar-refractivity contribution is -0.118. The summed E-state index contributed by atoms with van der Waals surface area (Å²) in [5.74, 6) is -0.975. The number of hydrogen-bond donors (Lipinski definition) is 2. The number of halogens is 1. The number of hydrogen-bond acceptors (Lipinski definition) is 5. The Morgan fingerprint density at radius 1 is 1.29 bits per heavy atom. The van der Waals surface area contributed by atoms with Gasteiger partial charge in [0, 0.05) is 18.2 Å². The van der Waals surface area contributed by atoms with Gasteiger partial charge in [-0.25, -0.2) is 12.8 Å². The maximum absolute atomic E-state index is 13.0. The third-order valence-corrected chi connectivity index (χ3v) is 6.63. The lowest BCUT2D eigenvalue weighted by atomic mass is 10.2. The molecule has 0 aliphatic carbocycles. The van der Waals surface area contributed by atoms with Crippen molar-refractivity contribution in [2.24, 2.45) is 0 Å². The number of nitrogens with one attached hydrogen (secondary N) is 2. The fourth-order valence-electron chi connectivity index (χ4n) is 2.86. The third kappa shape index (κ3) is 4.14. The summed E-state index contributed by atoms with van der Waals surface area (Å²) in [5.41, 5.74) is 1.23. The van der Waals surface area contributed by atoms with Crippen LogP contribution in [0.2, 0.25) is 0 Å². The van der Waals surface area contributed by atoms with Crippen LogP contribution in [0.5, 0.6) is 5.75 Å². The van der Waals surface area contributed by atoms with Gasteiger partial charge in [-0.2, -0.15) is 0 Å². The van der Waals surface area contributed by atoms with Gasteiger partial charge in [0.2, 0.25) is 5.91 Å². The first-order chi connectivity index (χ1) is 13.2. The molecule has 0 fully saturated rings. The fourth-order valence-corrected chi connectivity index (χ4v) is 4.44. The second kappa shape index (κ2) is 7.59. The molecule has 0 spiro atoms. The average molecular weight is 406 g/mol. The first-order valence-corrected chi connectivity index (χ1v) is 10.1. The van der Waals surface area contributed by atoms with E-state index in [-0.39, 0.29) is 29.6 Å². The van der Waals surface area contributed by atoms with Crippen molar-refractivity contribution < 1.29 is 27.1 Å². The lowest BCUT2D eigenvalue weighted by Gasteiger charge is -2.21. The molecule has 1 atom stereocenters. The molecule has 2 aromatic rings. The minimum Gasteiger partial charge on any atom is -0.482 e. The van der Waals surface area contributed by atoms with E-state index in [0.717, 1.165) is 0 Å². The molecule has 2 N–H and O–H groups in total. The summed E-state index contributed by atoms with van der Waals surface area (Å²) in [7, 11) is -3.82. The Kier molecular flexibility index (Phi) is 5.37. The zero-order chi connectivity index (χ0) is 20.5. The van der Waals surface area contributed by atoms with Crippen molar-refractivity contribution in [3.05, 3.63) is 47.8 Å². The van der Waals surface area contributed by atoms with Gasteiger partial charge in [0.15, 0.2) is 16.4 Å². The lowest BCUT2D eigenvalue weighted by Crippen LogP contribution is -2.27. The van der Waals surface area contributed by atoms with Crippen molar-refractivity contribution in [3.63, 3.8) is 0 Å². The minimum absolute atomic E-state index is 0.0458. The van der Waals surface area contributed by atoms with E-state index in [9.17, 15) is 22.4 Å². The molecular weight excluding hydrogens is 387 g/mol. The first kappa shape index (κ1) is 19.8. The Labute approximate surface area is 161 Å². The maximum Gasteiger partial charge on any atom is 0.262 e. The first-order valence-electron chi connectivity index (χ1n) is 8.53. The molecule has 0 saturated carbocycles. The summed E-state index contributed by atoms with van der Waals surface area (Å²) in [6.07, 6.45) is -0.270. The van der Waals surface area contributed by atoms with E-state index in [4.69, 9.17) is 4.74 Å². The largest absolute Gasteiger partial charge is 0.482 e. The molecule has 28 heavy (non-hydrogen) atoms. The molecule has 0 unspecified atom stereocenters. The van der Waals surface area contributed by atoms with E-state index >= 15 is 0 Å². The third-order valence-electron chi connectivity index (χ3n) is 4.35. The molecule has 0 bridgehead atoms. The van der Waals surface area contributed by atoms with E-state index in [1.54, 1.807) is 6.92 Å². The summed E-state index contributed by atoms with van der Waals surface area (Å²) in [6, 6.07) is 8.09. The monoisotopic (exact) mass is 406 g/mol. The van der Waals surface area contributed by atoms with E-state index in [1.807, 2.05) is 0 Å². The predicted octanol–water partition coefficient (Wildman–Crippen LogP) is 2.66. The molecular formula is C19H19FN2O5S. The average Bonchev–Trinajstić information content (AvgIpc) is 2.62. The van der Waals surface area contributed by atoms with Crippen LogP contribution in [-0.4, -0.2) is 32.1 Å². The number of rotatable bonds is 5. The molecule has 1 heterocycles. The Morgan fingerprint density at radius 2 is 1.96 bits per heavy atom. The van der Waals surface area contributed by atoms with Crippen LogP contribution in [-0.2, 0) is 19.4 Å². The molecule has 9 heteroatoms. The van der Waals surface area contributed by atoms with Gasteiger partial charge in [-0.05, 0) is 49.7 Å². The van der Waals surface area contributed by atoms with Crippen molar-refractivity contribution >= 4 is 33.0 Å². The van der Waals surface area contributed by atoms with Crippen LogP contribution in [0, 0.1) is 12.7 Å². The second-order valence-electron chi connectivity index (χ2n) is 6.57. The Bertz CT molecular complexity index is 1040. The van der Waals surface area contributed by atoms with Crippen LogP contribution in [0.4, 0.5) is 15.8 Å². The van der Waals surface area contributed by atoms with Crippen LogP contribution < -0.4 is 15.4 Å². The van der Waals surface area contributed by atoms with Crippen LogP contribution in [0.1, 0.15) is 18.9 Å². The van der Waals surface area contributed by atoms with E-state index in [2.05, 4.69) is 10.6 Å². The molecule has 0 aromatic heterocycles. The molecule has 2 amide bonds. The smallest absolute Gasteiger partial charge is 0.262 e. The highest BCUT2D eigenvalue weighted by Gasteiger charge is 2.29. The number of fused-ring (bicyclic) bond motifs is 1. The van der Waals surface area contributed by atoms with Crippen molar-refractivity contribution in [1.82, 2.24) is 0 Å². The number of amides is 2. The Balaban J connectivity index is 1.77. The Hall–Kier alpha value is -2.94. The predicted molar refractivity (Wildman–Crippen MR) is 102 cm³/mol. The van der Waals surface area contributed by atoms with Gasteiger partial charge < -0.3 is 15.4 Å². The molecule has 0 radical (unpaired) electrons. The fraction of sp³-hybridized carbons (Fsp3) is 0.263. The van der Waals surface area contributed by atoms with Gasteiger partial charge in [-0.15, -0.1) is 0 Å². The summed E-state index contributed by atoms with van der Waals surface area (Å²) < 4.78 is 44.1. The van der Waals surface area contributed by atoms with Crippen LogP contribution >= 0.6 is 0 Å². The minimum atomic E-state index is -3.82. The van der Waals surface area contributed by atoms with Crippen LogP contribution in [0.3, 0.4) is 0 Å². The number of carbonyl (C=O) groups excluding carboxylic acids is 2. The summed E-state index contributed by atoms with van der Waals surface area (Å²) in [5, 5.41) is 4.18. The van der Waals surface area contributed by atoms with E-state index < -0.39 is 26.8 Å². The Morgan fingerprint density at radius 3 is 2.64 bits per heavy atom. The van der Waals surface area contributed by atoms with Gasteiger partial charge in [-0.1, -0.05) is 0 Å². The number of aryl methyl sites for hydroxylation is 1. The van der Waals surface area contributed by atoms with E-state index in [0.29, 0.717) is 16.9 Å². The zero-order valence-electron chi connectivity index (χ0n) is 15.3. The molecule has 0 saturated heterocycles. The molecule has 1 aliphatic heterocycles. The van der Waals surface area contributed by atoms with Crippen molar-refractivity contribution in [3.8, 4) is 5.75 Å². The molecule has 7 nitrogen and oxygen atoms in total. The molecule has 2 aromatic carbocycles. The second-order valence-corrected chi connectivity index (χ2v) is 8.90. The number of ether oxygens (including phenoxy) is 1. The summed E-state index contributed by atoms with van der Waals surface area (Å²) in [4.78, 5) is 23.6. The number of anilines is 2. The van der Waals surface area contributed by atoms with Crippen LogP contribution in [0.15, 0.2) is 41.3 Å². The van der Waals surface area contributed by atoms with Gasteiger partial charge in [0.25, 0.3) is 5.91 Å². The van der Waals surface area contributed by atoms with Crippen molar-refractivity contribution in [2.75, 3.05) is 17.2 Å². The topological polar surface area (TPSA) is 102 Å².